The molecule has 0 spiro atoms. The molecular formula is C22H24O6. The van der Waals surface area contributed by atoms with E-state index in [-0.39, 0.29) is 35.0 Å². The van der Waals surface area contributed by atoms with Gasteiger partial charge in [-0.1, -0.05) is 11.6 Å². The van der Waals surface area contributed by atoms with Crippen molar-refractivity contribution >= 4 is 5.78 Å². The molecule has 0 saturated carbocycles. The molecule has 28 heavy (non-hydrogen) atoms. The van der Waals surface area contributed by atoms with Crippen LogP contribution < -0.4 is 14.2 Å². The van der Waals surface area contributed by atoms with Gasteiger partial charge in [0, 0.05) is 17.7 Å². The highest BCUT2D eigenvalue weighted by Crippen LogP contribution is 2.43. The molecule has 2 aromatic carbocycles. The molecule has 3 rings (SSSR count). The number of rotatable bonds is 5. The first-order valence-electron chi connectivity index (χ1n) is 8.98. The Bertz CT molecular complexity index is 941. The van der Waals surface area contributed by atoms with Gasteiger partial charge in [0.15, 0.2) is 17.3 Å². The smallest absolute Gasteiger partial charge is 0.174 e. The zero-order chi connectivity index (χ0) is 20.4. The summed E-state index contributed by atoms with van der Waals surface area (Å²) in [6.07, 6.45) is 2.24. The van der Waals surface area contributed by atoms with Crippen LogP contribution >= 0.6 is 0 Å². The highest BCUT2D eigenvalue weighted by atomic mass is 16.5. The molecule has 0 amide bonds. The molecule has 148 valence electrons. The van der Waals surface area contributed by atoms with Gasteiger partial charge >= 0.3 is 0 Å². The first-order valence-corrected chi connectivity index (χ1v) is 8.98. The Kier molecular flexibility index (Phi) is 5.49. The van der Waals surface area contributed by atoms with Crippen LogP contribution in [0.4, 0.5) is 0 Å². The minimum atomic E-state index is -0.563. The summed E-state index contributed by atoms with van der Waals surface area (Å²) in [6, 6.07) is 6.20. The lowest BCUT2D eigenvalue weighted by Gasteiger charge is -2.27. The van der Waals surface area contributed by atoms with Gasteiger partial charge in [-0.05, 0) is 38.0 Å². The molecule has 6 nitrogen and oxygen atoms in total. The zero-order valence-corrected chi connectivity index (χ0v) is 16.4. The summed E-state index contributed by atoms with van der Waals surface area (Å²) in [6.45, 7) is 4.04. The van der Waals surface area contributed by atoms with Crippen molar-refractivity contribution in [2.75, 3.05) is 14.2 Å². The second-order valence-electron chi connectivity index (χ2n) is 6.97. The zero-order valence-electron chi connectivity index (χ0n) is 16.4. The third-order valence-electron chi connectivity index (χ3n) is 4.67. The van der Waals surface area contributed by atoms with Crippen LogP contribution in [0.5, 0.6) is 28.7 Å². The number of aromatic hydroxyl groups is 2. The Hall–Kier alpha value is -3.15. The van der Waals surface area contributed by atoms with Gasteiger partial charge < -0.3 is 24.4 Å². The lowest BCUT2D eigenvalue weighted by Crippen LogP contribution is -2.20. The third kappa shape index (κ3) is 3.76. The number of hydrogen-bond acceptors (Lipinski definition) is 6. The molecule has 0 bridgehead atoms. The molecule has 1 aliphatic rings. The molecular weight excluding hydrogens is 360 g/mol. The van der Waals surface area contributed by atoms with E-state index in [4.69, 9.17) is 14.2 Å². The van der Waals surface area contributed by atoms with Gasteiger partial charge in [-0.25, -0.2) is 0 Å². The summed E-state index contributed by atoms with van der Waals surface area (Å²) < 4.78 is 17.0. The summed E-state index contributed by atoms with van der Waals surface area (Å²) in [5, 5.41) is 19.7. The maximum Gasteiger partial charge on any atom is 0.174 e. The minimum absolute atomic E-state index is 0.0723. The molecule has 0 aromatic heterocycles. The fraction of sp³-hybridized carbons (Fsp3) is 0.318. The predicted molar refractivity (Wildman–Crippen MR) is 105 cm³/mol. The van der Waals surface area contributed by atoms with Gasteiger partial charge in [0.05, 0.1) is 20.6 Å². The van der Waals surface area contributed by atoms with E-state index in [1.807, 2.05) is 19.9 Å². The van der Waals surface area contributed by atoms with Crippen molar-refractivity contribution < 1.29 is 29.2 Å². The minimum Gasteiger partial charge on any atom is -0.508 e. The second-order valence-corrected chi connectivity index (χ2v) is 6.97. The topological polar surface area (TPSA) is 85.2 Å². The van der Waals surface area contributed by atoms with Crippen molar-refractivity contribution in [2.45, 2.75) is 32.8 Å². The number of carbonyl (C=O) groups excluding carboxylic acids is 1. The monoisotopic (exact) mass is 384 g/mol. The van der Waals surface area contributed by atoms with Crippen LogP contribution in [0.1, 0.15) is 47.9 Å². The second kappa shape index (κ2) is 7.84. The number of fused-ring (bicyclic) bond motifs is 1. The fourth-order valence-electron chi connectivity index (χ4n) is 3.33. The van der Waals surface area contributed by atoms with Crippen molar-refractivity contribution in [3.8, 4) is 28.7 Å². The Morgan fingerprint density at radius 2 is 1.93 bits per heavy atom. The average molecular weight is 384 g/mol. The van der Waals surface area contributed by atoms with Gasteiger partial charge in [-0.2, -0.15) is 0 Å². The molecule has 1 aliphatic heterocycles. The summed E-state index contributed by atoms with van der Waals surface area (Å²) >= 11 is 0. The number of carbonyl (C=O) groups is 1. The van der Waals surface area contributed by atoms with Crippen molar-refractivity contribution in [2.24, 2.45) is 0 Å². The number of phenolic OH excluding ortho intramolecular Hbond substituents is 2. The number of phenols is 2. The van der Waals surface area contributed by atoms with Gasteiger partial charge in [-0.3, -0.25) is 4.79 Å². The van der Waals surface area contributed by atoms with Crippen molar-refractivity contribution in [3.63, 3.8) is 0 Å². The number of allylic oxidation sites excluding steroid dienone is 2. The van der Waals surface area contributed by atoms with E-state index >= 15 is 0 Å². The largest absolute Gasteiger partial charge is 0.508 e. The van der Waals surface area contributed by atoms with E-state index in [2.05, 4.69) is 6.08 Å². The summed E-state index contributed by atoms with van der Waals surface area (Å²) in [5.74, 6) is 0.666. The third-order valence-corrected chi connectivity index (χ3v) is 4.67. The molecule has 2 aromatic rings. The Labute approximate surface area is 164 Å². The van der Waals surface area contributed by atoms with E-state index < -0.39 is 6.10 Å². The molecule has 1 heterocycles. The van der Waals surface area contributed by atoms with Crippen LogP contribution in [-0.4, -0.2) is 30.2 Å². The van der Waals surface area contributed by atoms with Gasteiger partial charge in [0.25, 0.3) is 0 Å². The molecule has 6 heteroatoms. The van der Waals surface area contributed by atoms with E-state index in [9.17, 15) is 15.0 Å². The Morgan fingerprint density at radius 3 is 2.57 bits per heavy atom. The lowest BCUT2D eigenvalue weighted by atomic mass is 9.93. The molecule has 0 fully saturated rings. The normalized spacial score (nSPS) is 15.4. The van der Waals surface area contributed by atoms with Gasteiger partial charge in [0.2, 0.25) is 0 Å². The number of ether oxygens (including phenoxy) is 3. The predicted octanol–water partition coefficient (Wildman–Crippen LogP) is 4.33. The van der Waals surface area contributed by atoms with Gasteiger partial charge in [0.1, 0.15) is 28.9 Å². The SMILES string of the molecule is COc1cc([C@@H]2CC(=O)c3c(O)cc(O)cc3O2)cc(CC=C(C)C)c1OC. The number of ketones is 1. The maximum absolute atomic E-state index is 12.6. The number of Topliss-reactive ketones (excluding diaryl/α,β-unsaturated/α-hetero) is 1. The van der Waals surface area contributed by atoms with Crippen LogP contribution in [0.3, 0.4) is 0 Å². The molecule has 0 aliphatic carbocycles. The van der Waals surface area contributed by atoms with Crippen molar-refractivity contribution in [3.05, 3.63) is 52.6 Å². The van der Waals surface area contributed by atoms with E-state index in [1.54, 1.807) is 20.3 Å². The molecule has 0 radical (unpaired) electrons. The first-order chi connectivity index (χ1) is 13.3. The highest BCUT2D eigenvalue weighted by Gasteiger charge is 2.31. The van der Waals surface area contributed by atoms with E-state index in [0.29, 0.717) is 17.9 Å². The molecule has 2 N–H and O–H groups in total. The Balaban J connectivity index is 2.04. The van der Waals surface area contributed by atoms with Crippen LogP contribution in [0.15, 0.2) is 35.9 Å². The Morgan fingerprint density at radius 1 is 1.18 bits per heavy atom. The quantitative estimate of drug-likeness (QED) is 0.747. The van der Waals surface area contributed by atoms with Crippen molar-refractivity contribution in [1.29, 1.82) is 0 Å². The van der Waals surface area contributed by atoms with Crippen LogP contribution in [0, 0.1) is 0 Å². The standard InChI is InChI=1S/C22H24O6/c1-12(2)5-6-13-7-14(8-20(26-3)22(13)27-4)18-11-17(25)21-16(24)9-15(23)10-19(21)28-18/h5,7-10,18,23-24H,6,11H2,1-4H3/t18-/m0/s1. The van der Waals surface area contributed by atoms with E-state index in [1.165, 1.54) is 11.6 Å². The molecule has 1 atom stereocenters. The van der Waals surface area contributed by atoms with Crippen LogP contribution in [0.25, 0.3) is 0 Å². The van der Waals surface area contributed by atoms with Gasteiger partial charge in [-0.15, -0.1) is 0 Å². The fourth-order valence-corrected chi connectivity index (χ4v) is 3.33. The average Bonchev–Trinajstić information content (AvgIpc) is 2.64. The van der Waals surface area contributed by atoms with Crippen LogP contribution in [-0.2, 0) is 6.42 Å². The maximum atomic E-state index is 12.6. The van der Waals surface area contributed by atoms with E-state index in [0.717, 1.165) is 17.2 Å². The number of hydrogen-bond donors (Lipinski definition) is 2. The number of benzene rings is 2. The molecule has 0 unspecified atom stereocenters. The van der Waals surface area contributed by atoms with Crippen LogP contribution in [0.2, 0.25) is 0 Å². The lowest BCUT2D eigenvalue weighted by molar-refractivity contribution is 0.0844. The summed E-state index contributed by atoms with van der Waals surface area (Å²) in [4.78, 5) is 12.6. The molecule has 0 saturated heterocycles. The summed E-state index contributed by atoms with van der Waals surface area (Å²) in [7, 11) is 3.15. The van der Waals surface area contributed by atoms with Crippen molar-refractivity contribution in [1.82, 2.24) is 0 Å². The number of methoxy groups -OCH3 is 2. The summed E-state index contributed by atoms with van der Waals surface area (Å²) in [5.41, 5.74) is 2.95. The highest BCUT2D eigenvalue weighted by molar-refractivity contribution is 6.02. The first kappa shape index (κ1) is 19.6.